The predicted molar refractivity (Wildman–Crippen MR) is 80.6 cm³/mol. The van der Waals surface area contributed by atoms with Crippen LogP contribution in [0.2, 0.25) is 0 Å². The van der Waals surface area contributed by atoms with Crippen molar-refractivity contribution in [3.05, 3.63) is 53.6 Å². The zero-order valence-corrected chi connectivity index (χ0v) is 11.3. The number of fused-ring (bicyclic) bond motifs is 3. The molecular formula is C18H19N. The van der Waals surface area contributed by atoms with Crippen LogP contribution in [0.3, 0.4) is 0 Å². The van der Waals surface area contributed by atoms with Crippen LogP contribution in [0.25, 0.3) is 11.1 Å². The molecular weight excluding hydrogens is 230 g/mol. The van der Waals surface area contributed by atoms with Crippen LogP contribution in [0.5, 0.6) is 0 Å². The van der Waals surface area contributed by atoms with E-state index in [2.05, 4.69) is 54.7 Å². The minimum atomic E-state index is 0.697. The first-order valence-corrected chi connectivity index (χ1v) is 7.29. The van der Waals surface area contributed by atoms with E-state index in [9.17, 15) is 0 Å². The summed E-state index contributed by atoms with van der Waals surface area (Å²) in [5.41, 5.74) is 6.91. The lowest BCUT2D eigenvalue weighted by atomic mass is 9.94. The highest BCUT2D eigenvalue weighted by atomic mass is 15.0. The second-order valence-electron chi connectivity index (χ2n) is 5.96. The summed E-state index contributed by atoms with van der Waals surface area (Å²) in [5, 5.41) is 3.68. The van der Waals surface area contributed by atoms with Crippen molar-refractivity contribution >= 4 is 5.69 Å². The molecule has 1 fully saturated rings. The van der Waals surface area contributed by atoms with Gasteiger partial charge in [0.15, 0.2) is 0 Å². The summed E-state index contributed by atoms with van der Waals surface area (Å²) in [6.45, 7) is 2.14. The molecule has 2 unspecified atom stereocenters. The Morgan fingerprint density at radius 3 is 2.58 bits per heavy atom. The van der Waals surface area contributed by atoms with E-state index in [1.807, 2.05) is 0 Å². The first-order chi connectivity index (χ1) is 9.31. The van der Waals surface area contributed by atoms with E-state index < -0.39 is 0 Å². The maximum absolute atomic E-state index is 3.68. The van der Waals surface area contributed by atoms with Gasteiger partial charge in [-0.1, -0.05) is 42.3 Å². The first-order valence-electron chi connectivity index (χ1n) is 7.29. The molecule has 1 N–H and O–H groups in total. The smallest absolute Gasteiger partial charge is 0.0379 e. The van der Waals surface area contributed by atoms with Crippen molar-refractivity contribution < 1.29 is 0 Å². The third kappa shape index (κ3) is 1.76. The average Bonchev–Trinajstić information content (AvgIpc) is 2.99. The van der Waals surface area contributed by atoms with Gasteiger partial charge in [0.2, 0.25) is 0 Å². The van der Waals surface area contributed by atoms with Gasteiger partial charge >= 0.3 is 0 Å². The van der Waals surface area contributed by atoms with Crippen molar-refractivity contribution in [2.45, 2.75) is 38.1 Å². The van der Waals surface area contributed by atoms with Crippen LogP contribution in [0.15, 0.2) is 42.5 Å². The summed E-state index contributed by atoms with van der Waals surface area (Å²) >= 11 is 0. The molecule has 1 heteroatoms. The third-order valence-electron chi connectivity index (χ3n) is 4.69. The second-order valence-corrected chi connectivity index (χ2v) is 5.96. The van der Waals surface area contributed by atoms with E-state index in [1.165, 1.54) is 41.6 Å². The molecule has 4 rings (SSSR count). The van der Waals surface area contributed by atoms with Gasteiger partial charge in [-0.3, -0.25) is 0 Å². The van der Waals surface area contributed by atoms with Crippen LogP contribution in [0.1, 0.15) is 36.3 Å². The maximum Gasteiger partial charge on any atom is 0.0379 e. The molecule has 2 atom stereocenters. The summed E-state index contributed by atoms with van der Waals surface area (Å²) in [6, 6.07) is 16.5. The molecule has 0 bridgehead atoms. The zero-order valence-electron chi connectivity index (χ0n) is 11.3. The molecule has 2 aliphatic rings. The fourth-order valence-corrected chi connectivity index (χ4v) is 3.63. The Morgan fingerprint density at radius 2 is 1.74 bits per heavy atom. The standard InChI is InChI=1S/C18H19N/c1-12-5-7-13(8-6-12)14-9-10-18-16(11-14)15-3-2-4-17(15)19-18/h5-11,15,17,19H,2-4H2,1H3. The van der Waals surface area contributed by atoms with E-state index in [4.69, 9.17) is 0 Å². The number of hydrogen-bond acceptors (Lipinski definition) is 1. The minimum Gasteiger partial charge on any atom is -0.381 e. The highest BCUT2D eigenvalue weighted by molar-refractivity contribution is 5.71. The summed E-state index contributed by atoms with van der Waals surface area (Å²) in [4.78, 5) is 0. The molecule has 96 valence electrons. The van der Waals surface area contributed by atoms with Gasteiger partial charge in [0.1, 0.15) is 0 Å². The van der Waals surface area contributed by atoms with Crippen molar-refractivity contribution in [2.24, 2.45) is 0 Å². The van der Waals surface area contributed by atoms with Crippen molar-refractivity contribution in [2.75, 3.05) is 5.32 Å². The molecule has 1 heterocycles. The van der Waals surface area contributed by atoms with E-state index in [0.29, 0.717) is 6.04 Å². The van der Waals surface area contributed by atoms with Crippen LogP contribution in [0, 0.1) is 6.92 Å². The molecule has 0 radical (unpaired) electrons. The molecule has 1 aliphatic heterocycles. The normalized spacial score (nSPS) is 23.8. The topological polar surface area (TPSA) is 12.0 Å². The summed E-state index contributed by atoms with van der Waals surface area (Å²) in [5.74, 6) is 0.750. The highest BCUT2D eigenvalue weighted by Crippen LogP contribution is 2.46. The lowest BCUT2D eigenvalue weighted by Gasteiger charge is -2.09. The SMILES string of the molecule is Cc1ccc(-c2ccc3c(c2)C2CCCC2N3)cc1. The number of benzene rings is 2. The Morgan fingerprint density at radius 1 is 0.947 bits per heavy atom. The summed E-state index contributed by atoms with van der Waals surface area (Å²) in [6.07, 6.45) is 4.05. The first kappa shape index (κ1) is 11.1. The van der Waals surface area contributed by atoms with E-state index in [1.54, 1.807) is 5.56 Å². The van der Waals surface area contributed by atoms with Crippen molar-refractivity contribution in [3.63, 3.8) is 0 Å². The van der Waals surface area contributed by atoms with Gasteiger partial charge in [-0.25, -0.2) is 0 Å². The van der Waals surface area contributed by atoms with Gasteiger partial charge in [0.05, 0.1) is 0 Å². The molecule has 2 aromatic carbocycles. The van der Waals surface area contributed by atoms with Gasteiger partial charge in [0.25, 0.3) is 0 Å². The van der Waals surface area contributed by atoms with Crippen LogP contribution in [-0.4, -0.2) is 6.04 Å². The van der Waals surface area contributed by atoms with Gasteiger partial charge < -0.3 is 5.32 Å². The van der Waals surface area contributed by atoms with Gasteiger partial charge in [-0.2, -0.15) is 0 Å². The molecule has 0 amide bonds. The van der Waals surface area contributed by atoms with Crippen LogP contribution < -0.4 is 5.32 Å². The van der Waals surface area contributed by atoms with Gasteiger partial charge in [-0.05, 0) is 48.6 Å². The molecule has 0 aromatic heterocycles. The number of hydrogen-bond donors (Lipinski definition) is 1. The van der Waals surface area contributed by atoms with Crippen molar-refractivity contribution in [1.82, 2.24) is 0 Å². The molecule has 1 nitrogen and oxygen atoms in total. The Bertz CT molecular complexity index is 612. The van der Waals surface area contributed by atoms with Gasteiger partial charge in [-0.15, -0.1) is 0 Å². The molecule has 19 heavy (non-hydrogen) atoms. The molecule has 1 aliphatic carbocycles. The van der Waals surface area contributed by atoms with E-state index in [0.717, 1.165) is 5.92 Å². The Kier molecular flexibility index (Phi) is 2.41. The third-order valence-corrected chi connectivity index (χ3v) is 4.69. The Balaban J connectivity index is 1.76. The fraction of sp³-hybridized carbons (Fsp3) is 0.333. The Hall–Kier alpha value is -1.76. The predicted octanol–water partition coefficient (Wildman–Crippen LogP) is 4.72. The number of aryl methyl sites for hydroxylation is 1. The summed E-state index contributed by atoms with van der Waals surface area (Å²) < 4.78 is 0. The molecule has 0 spiro atoms. The second kappa shape index (κ2) is 4.12. The monoisotopic (exact) mass is 249 g/mol. The quantitative estimate of drug-likeness (QED) is 0.771. The molecule has 2 aromatic rings. The van der Waals surface area contributed by atoms with Crippen LogP contribution in [-0.2, 0) is 0 Å². The number of nitrogens with one attached hydrogen (secondary N) is 1. The average molecular weight is 249 g/mol. The zero-order chi connectivity index (χ0) is 12.8. The lowest BCUT2D eigenvalue weighted by Crippen LogP contribution is -2.13. The number of rotatable bonds is 1. The van der Waals surface area contributed by atoms with Crippen LogP contribution in [0.4, 0.5) is 5.69 Å². The maximum atomic E-state index is 3.68. The van der Waals surface area contributed by atoms with Crippen molar-refractivity contribution in [1.29, 1.82) is 0 Å². The van der Waals surface area contributed by atoms with Crippen LogP contribution >= 0.6 is 0 Å². The minimum absolute atomic E-state index is 0.697. The lowest BCUT2D eigenvalue weighted by molar-refractivity contribution is 0.690. The van der Waals surface area contributed by atoms with Gasteiger partial charge in [0, 0.05) is 17.6 Å². The largest absolute Gasteiger partial charge is 0.381 e. The van der Waals surface area contributed by atoms with E-state index >= 15 is 0 Å². The Labute approximate surface area is 114 Å². The highest BCUT2D eigenvalue weighted by Gasteiger charge is 2.35. The molecule has 1 saturated carbocycles. The summed E-state index contributed by atoms with van der Waals surface area (Å²) in [7, 11) is 0. The molecule has 0 saturated heterocycles. The fourth-order valence-electron chi connectivity index (χ4n) is 3.63. The van der Waals surface area contributed by atoms with E-state index in [-0.39, 0.29) is 0 Å². The number of anilines is 1. The van der Waals surface area contributed by atoms with Crippen molar-refractivity contribution in [3.8, 4) is 11.1 Å².